The Morgan fingerprint density at radius 2 is 1.50 bits per heavy atom. The van der Waals surface area contributed by atoms with Crippen molar-refractivity contribution in [2.24, 2.45) is 0 Å². The molecule has 1 aliphatic rings. The fourth-order valence-electron chi connectivity index (χ4n) is 4.46. The molecule has 1 amide bonds. The van der Waals surface area contributed by atoms with Gasteiger partial charge in [0.25, 0.3) is 11.5 Å². The van der Waals surface area contributed by atoms with Crippen LogP contribution in [0.2, 0.25) is 0 Å². The van der Waals surface area contributed by atoms with Gasteiger partial charge in [0, 0.05) is 38.4 Å². The first kappa shape index (κ1) is 27.2. The third-order valence-corrected chi connectivity index (χ3v) is 6.46. The molecule has 0 saturated carbocycles. The molecular formula is C29H35F2N3O2. The molecule has 3 aromatic rings. The van der Waals surface area contributed by atoms with Gasteiger partial charge >= 0.3 is 0 Å². The molecule has 0 atom stereocenters. The lowest BCUT2D eigenvalue weighted by atomic mass is 9.98. The molecule has 2 heterocycles. The van der Waals surface area contributed by atoms with E-state index in [4.69, 9.17) is 0 Å². The van der Waals surface area contributed by atoms with Gasteiger partial charge in [-0.1, -0.05) is 80.9 Å². The SMILES string of the molecule is CC(=O)N1CCC(F)(F)CC1.CCCc1c(CC)ncn(C(c2ccccc2)c2ccccc2)c1=O. The maximum atomic E-state index is 13.2. The zero-order chi connectivity index (χ0) is 26.1. The lowest BCUT2D eigenvalue weighted by Crippen LogP contribution is -2.41. The van der Waals surface area contributed by atoms with E-state index in [1.54, 1.807) is 10.9 Å². The van der Waals surface area contributed by atoms with Crippen molar-refractivity contribution in [3.63, 3.8) is 0 Å². The Bertz CT molecular complexity index is 1130. The van der Waals surface area contributed by atoms with Gasteiger partial charge in [0.05, 0.1) is 18.1 Å². The summed E-state index contributed by atoms with van der Waals surface area (Å²) < 4.78 is 26.8. The molecule has 192 valence electrons. The van der Waals surface area contributed by atoms with Crippen molar-refractivity contribution in [2.45, 2.75) is 64.8 Å². The van der Waals surface area contributed by atoms with Crippen LogP contribution in [0.4, 0.5) is 8.78 Å². The molecule has 0 spiro atoms. The molecule has 1 aromatic heterocycles. The molecule has 36 heavy (non-hydrogen) atoms. The van der Waals surface area contributed by atoms with Gasteiger partial charge in [-0.3, -0.25) is 14.2 Å². The Kier molecular flexibility index (Phi) is 9.51. The van der Waals surface area contributed by atoms with E-state index in [0.717, 1.165) is 41.6 Å². The maximum Gasteiger partial charge on any atom is 0.257 e. The second kappa shape index (κ2) is 12.6. The highest BCUT2D eigenvalue weighted by molar-refractivity contribution is 5.73. The molecular weight excluding hydrogens is 460 g/mol. The minimum absolute atomic E-state index is 0.0754. The quantitative estimate of drug-likeness (QED) is 0.443. The number of carbonyl (C=O) groups excluding carboxylic acids is 1. The molecule has 2 aromatic carbocycles. The summed E-state index contributed by atoms with van der Waals surface area (Å²) in [5.41, 5.74) is 4.02. The number of amides is 1. The minimum atomic E-state index is -2.55. The van der Waals surface area contributed by atoms with Crippen molar-refractivity contribution in [3.8, 4) is 0 Å². The summed E-state index contributed by atoms with van der Waals surface area (Å²) >= 11 is 0. The fourth-order valence-corrected chi connectivity index (χ4v) is 4.46. The van der Waals surface area contributed by atoms with E-state index < -0.39 is 5.92 Å². The third kappa shape index (κ3) is 6.86. The van der Waals surface area contributed by atoms with Gasteiger partial charge in [-0.15, -0.1) is 0 Å². The van der Waals surface area contributed by atoms with E-state index in [2.05, 4.69) is 43.1 Å². The Hall–Kier alpha value is -3.35. The highest BCUT2D eigenvalue weighted by atomic mass is 19.3. The highest BCUT2D eigenvalue weighted by Crippen LogP contribution is 2.27. The van der Waals surface area contributed by atoms with Crippen LogP contribution < -0.4 is 5.56 Å². The number of benzene rings is 2. The third-order valence-electron chi connectivity index (χ3n) is 6.46. The van der Waals surface area contributed by atoms with Gasteiger partial charge in [-0.05, 0) is 24.0 Å². The van der Waals surface area contributed by atoms with Gasteiger partial charge in [0.2, 0.25) is 5.91 Å². The summed E-state index contributed by atoms with van der Waals surface area (Å²) in [6.07, 6.45) is 3.83. The van der Waals surface area contributed by atoms with Crippen LogP contribution in [0.5, 0.6) is 0 Å². The Morgan fingerprint density at radius 3 is 1.94 bits per heavy atom. The van der Waals surface area contributed by atoms with E-state index in [9.17, 15) is 18.4 Å². The molecule has 0 radical (unpaired) electrons. The number of alkyl halides is 2. The number of rotatable bonds is 6. The first-order chi connectivity index (χ1) is 17.3. The highest BCUT2D eigenvalue weighted by Gasteiger charge is 2.34. The van der Waals surface area contributed by atoms with Crippen LogP contribution in [-0.4, -0.2) is 39.4 Å². The maximum absolute atomic E-state index is 13.2. The second-order valence-corrected chi connectivity index (χ2v) is 9.07. The molecule has 1 saturated heterocycles. The molecule has 0 unspecified atom stereocenters. The van der Waals surface area contributed by atoms with Crippen LogP contribution in [0.25, 0.3) is 0 Å². The summed E-state index contributed by atoms with van der Waals surface area (Å²) in [7, 11) is 0. The van der Waals surface area contributed by atoms with E-state index in [-0.39, 0.29) is 43.4 Å². The molecule has 4 rings (SSSR count). The van der Waals surface area contributed by atoms with E-state index >= 15 is 0 Å². The van der Waals surface area contributed by atoms with Crippen LogP contribution >= 0.6 is 0 Å². The predicted octanol–water partition coefficient (Wildman–Crippen LogP) is 5.66. The van der Waals surface area contributed by atoms with Gasteiger partial charge in [-0.2, -0.15) is 0 Å². The zero-order valence-electron chi connectivity index (χ0n) is 21.3. The average Bonchev–Trinajstić information content (AvgIpc) is 2.88. The van der Waals surface area contributed by atoms with Crippen LogP contribution in [0.1, 0.15) is 68.5 Å². The monoisotopic (exact) mass is 495 g/mol. The molecule has 1 fully saturated rings. The molecule has 0 aliphatic carbocycles. The standard InChI is InChI=1S/C22H24N2O.C7H11F2NO/c1-3-11-19-20(4-2)23-16-24(22(19)25)21(17-12-7-5-8-13-17)18-14-9-6-10-15-18;1-6(11)10-4-2-7(8,9)3-5-10/h5-10,12-16,21H,3-4,11H2,1-2H3;2-5H2,1H3. The van der Waals surface area contributed by atoms with Crippen molar-refractivity contribution >= 4 is 5.91 Å². The largest absolute Gasteiger partial charge is 0.342 e. The second-order valence-electron chi connectivity index (χ2n) is 9.07. The molecule has 5 nitrogen and oxygen atoms in total. The average molecular weight is 496 g/mol. The number of piperidine rings is 1. The Morgan fingerprint density at radius 1 is 0.972 bits per heavy atom. The van der Waals surface area contributed by atoms with Gasteiger partial charge in [0.1, 0.15) is 0 Å². The van der Waals surface area contributed by atoms with Gasteiger partial charge in [-0.25, -0.2) is 13.8 Å². The zero-order valence-corrected chi connectivity index (χ0v) is 21.3. The van der Waals surface area contributed by atoms with Gasteiger partial charge < -0.3 is 4.90 Å². The number of nitrogens with zero attached hydrogens (tertiary/aromatic N) is 3. The molecule has 7 heteroatoms. The number of aryl methyl sites for hydroxylation is 1. The Labute approximate surface area is 211 Å². The number of halogens is 2. The fraction of sp³-hybridized carbons (Fsp3) is 0.414. The van der Waals surface area contributed by atoms with Gasteiger partial charge in [0.15, 0.2) is 0 Å². The van der Waals surface area contributed by atoms with Crippen molar-refractivity contribution in [3.05, 3.63) is 99.7 Å². The van der Waals surface area contributed by atoms with E-state index in [0.29, 0.717) is 0 Å². The number of hydrogen-bond acceptors (Lipinski definition) is 3. The summed E-state index contributed by atoms with van der Waals surface area (Å²) in [5, 5.41) is 0. The van der Waals surface area contributed by atoms with Crippen LogP contribution in [0.3, 0.4) is 0 Å². The van der Waals surface area contributed by atoms with E-state index in [1.165, 1.54) is 11.8 Å². The molecule has 1 aliphatic heterocycles. The van der Waals surface area contributed by atoms with Crippen molar-refractivity contribution in [2.75, 3.05) is 13.1 Å². The Balaban J connectivity index is 0.000000275. The van der Waals surface area contributed by atoms with Crippen LogP contribution in [0, 0.1) is 0 Å². The summed E-state index contributed by atoms with van der Waals surface area (Å²) in [6.45, 7) is 5.95. The van der Waals surface area contributed by atoms with Crippen molar-refractivity contribution in [1.29, 1.82) is 0 Å². The smallest absolute Gasteiger partial charge is 0.257 e. The first-order valence-electron chi connectivity index (χ1n) is 12.6. The first-order valence-corrected chi connectivity index (χ1v) is 12.6. The van der Waals surface area contributed by atoms with Crippen LogP contribution in [-0.2, 0) is 17.6 Å². The number of carbonyl (C=O) groups is 1. The minimum Gasteiger partial charge on any atom is -0.342 e. The number of aromatic nitrogens is 2. The lowest BCUT2D eigenvalue weighted by molar-refractivity contribution is -0.134. The van der Waals surface area contributed by atoms with Crippen molar-refractivity contribution in [1.82, 2.24) is 14.5 Å². The summed E-state index contributed by atoms with van der Waals surface area (Å²) in [6, 6.07) is 20.1. The number of likely N-dealkylation sites (tertiary alicyclic amines) is 1. The van der Waals surface area contributed by atoms with E-state index in [1.807, 2.05) is 36.4 Å². The topological polar surface area (TPSA) is 55.2 Å². The summed E-state index contributed by atoms with van der Waals surface area (Å²) in [5.74, 6) is -2.66. The lowest BCUT2D eigenvalue weighted by Gasteiger charge is -2.30. The predicted molar refractivity (Wildman–Crippen MR) is 138 cm³/mol. The number of hydrogen-bond donors (Lipinski definition) is 0. The molecule has 0 bridgehead atoms. The molecule has 0 N–H and O–H groups in total. The summed E-state index contributed by atoms with van der Waals surface area (Å²) in [4.78, 5) is 30.0. The van der Waals surface area contributed by atoms with Crippen LogP contribution in [0.15, 0.2) is 71.8 Å². The normalized spacial score (nSPS) is 14.8. The van der Waals surface area contributed by atoms with Crippen molar-refractivity contribution < 1.29 is 13.6 Å².